The van der Waals surface area contributed by atoms with Gasteiger partial charge in [-0.2, -0.15) is 0 Å². The highest BCUT2D eigenvalue weighted by molar-refractivity contribution is 14.0. The first-order valence-electron chi connectivity index (χ1n) is 9.52. The Morgan fingerprint density at radius 1 is 1.07 bits per heavy atom. The standard InChI is InChI=1S/C22H28N4O.HI/c1-24-21(25-15-17-8-7-9-18(14-17)20(23)27)26-16-22(12-5-6-13-22)19-10-3-2-4-11-19;/h2-4,7-11,14H,5-6,12-13,15-16H2,1H3,(H2,23,27)(H2,24,25,26);1H. The Hall–Kier alpha value is -2.09. The summed E-state index contributed by atoms with van der Waals surface area (Å²) in [5, 5.41) is 6.84. The van der Waals surface area contributed by atoms with Gasteiger partial charge in [-0.15, -0.1) is 24.0 Å². The van der Waals surface area contributed by atoms with Gasteiger partial charge in [0.2, 0.25) is 5.91 Å². The molecule has 5 nitrogen and oxygen atoms in total. The summed E-state index contributed by atoms with van der Waals surface area (Å²) in [5.41, 5.74) is 8.44. The van der Waals surface area contributed by atoms with Gasteiger partial charge in [0, 0.05) is 31.1 Å². The monoisotopic (exact) mass is 492 g/mol. The molecule has 150 valence electrons. The van der Waals surface area contributed by atoms with Crippen LogP contribution in [0.15, 0.2) is 59.6 Å². The minimum absolute atomic E-state index is 0. The number of nitrogens with two attached hydrogens (primary N) is 1. The molecule has 1 aliphatic rings. The number of aliphatic imine (C=N–C) groups is 1. The molecule has 0 bridgehead atoms. The lowest BCUT2D eigenvalue weighted by atomic mass is 9.79. The summed E-state index contributed by atoms with van der Waals surface area (Å²) < 4.78 is 0. The number of amides is 1. The number of carbonyl (C=O) groups excluding carboxylic acids is 1. The molecule has 3 rings (SSSR count). The zero-order valence-corrected chi connectivity index (χ0v) is 18.6. The number of nitrogens with zero attached hydrogens (tertiary/aromatic N) is 1. The molecule has 1 aliphatic carbocycles. The third-order valence-corrected chi connectivity index (χ3v) is 5.44. The van der Waals surface area contributed by atoms with Crippen LogP contribution in [-0.2, 0) is 12.0 Å². The van der Waals surface area contributed by atoms with Crippen LogP contribution in [0.3, 0.4) is 0 Å². The summed E-state index contributed by atoms with van der Waals surface area (Å²) in [4.78, 5) is 15.7. The van der Waals surface area contributed by atoms with E-state index in [2.05, 4.69) is 46.0 Å². The number of nitrogens with one attached hydrogen (secondary N) is 2. The lowest BCUT2D eigenvalue weighted by molar-refractivity contribution is 0.1000. The van der Waals surface area contributed by atoms with Crippen LogP contribution < -0.4 is 16.4 Å². The number of carbonyl (C=O) groups is 1. The fraction of sp³-hybridized carbons (Fsp3) is 0.364. The second-order valence-electron chi connectivity index (χ2n) is 7.20. The van der Waals surface area contributed by atoms with E-state index in [9.17, 15) is 4.79 Å². The van der Waals surface area contributed by atoms with Gasteiger partial charge < -0.3 is 16.4 Å². The molecule has 28 heavy (non-hydrogen) atoms. The minimum atomic E-state index is -0.412. The first kappa shape index (κ1) is 22.2. The van der Waals surface area contributed by atoms with Gasteiger partial charge in [0.05, 0.1) is 0 Å². The Labute approximate surface area is 184 Å². The Kier molecular flexibility index (Phi) is 8.29. The molecule has 1 amide bonds. The van der Waals surface area contributed by atoms with Crippen molar-refractivity contribution in [2.24, 2.45) is 10.7 Å². The molecule has 6 heteroatoms. The third kappa shape index (κ3) is 5.47. The zero-order valence-electron chi connectivity index (χ0n) is 16.3. The van der Waals surface area contributed by atoms with Crippen molar-refractivity contribution in [1.82, 2.24) is 10.6 Å². The van der Waals surface area contributed by atoms with Crippen LogP contribution in [-0.4, -0.2) is 25.5 Å². The van der Waals surface area contributed by atoms with Gasteiger partial charge in [-0.05, 0) is 36.1 Å². The van der Waals surface area contributed by atoms with Crippen molar-refractivity contribution in [2.45, 2.75) is 37.6 Å². The highest BCUT2D eigenvalue weighted by Crippen LogP contribution is 2.40. The number of rotatable bonds is 6. The first-order valence-corrected chi connectivity index (χ1v) is 9.52. The molecule has 0 saturated heterocycles. The van der Waals surface area contributed by atoms with Crippen molar-refractivity contribution < 1.29 is 4.79 Å². The van der Waals surface area contributed by atoms with E-state index in [-0.39, 0.29) is 29.4 Å². The van der Waals surface area contributed by atoms with Crippen LogP contribution in [0, 0.1) is 0 Å². The number of guanidine groups is 1. The van der Waals surface area contributed by atoms with Crippen molar-refractivity contribution >= 4 is 35.8 Å². The van der Waals surface area contributed by atoms with Gasteiger partial charge in [-0.3, -0.25) is 9.79 Å². The first-order chi connectivity index (χ1) is 13.1. The average Bonchev–Trinajstić information content (AvgIpc) is 3.19. The van der Waals surface area contributed by atoms with Crippen molar-refractivity contribution in [2.75, 3.05) is 13.6 Å². The highest BCUT2D eigenvalue weighted by atomic mass is 127. The third-order valence-electron chi connectivity index (χ3n) is 5.44. The predicted octanol–water partition coefficient (Wildman–Crippen LogP) is 3.58. The number of hydrogen-bond acceptors (Lipinski definition) is 2. The summed E-state index contributed by atoms with van der Waals surface area (Å²) in [6.07, 6.45) is 4.92. The van der Waals surface area contributed by atoms with E-state index in [1.807, 2.05) is 18.2 Å². The van der Waals surface area contributed by atoms with Crippen LogP contribution in [0.25, 0.3) is 0 Å². The maximum Gasteiger partial charge on any atom is 0.248 e. The van der Waals surface area contributed by atoms with Crippen LogP contribution in [0.5, 0.6) is 0 Å². The molecular formula is C22H29IN4O. The summed E-state index contributed by atoms with van der Waals surface area (Å²) in [5.74, 6) is 0.354. The molecule has 2 aromatic rings. The Balaban J connectivity index is 0.00000280. The Morgan fingerprint density at radius 2 is 1.79 bits per heavy atom. The van der Waals surface area contributed by atoms with Gasteiger partial charge in [0.25, 0.3) is 0 Å². The Morgan fingerprint density at radius 3 is 2.43 bits per heavy atom. The fourth-order valence-corrected chi connectivity index (χ4v) is 3.90. The van der Waals surface area contributed by atoms with Gasteiger partial charge in [-0.1, -0.05) is 55.3 Å². The van der Waals surface area contributed by atoms with E-state index in [1.165, 1.54) is 31.2 Å². The molecule has 1 fully saturated rings. The van der Waals surface area contributed by atoms with Gasteiger partial charge in [0.1, 0.15) is 0 Å². The van der Waals surface area contributed by atoms with Crippen LogP contribution in [0.2, 0.25) is 0 Å². The molecule has 4 N–H and O–H groups in total. The molecule has 0 atom stereocenters. The smallest absolute Gasteiger partial charge is 0.248 e. The summed E-state index contributed by atoms with van der Waals surface area (Å²) in [7, 11) is 1.78. The van der Waals surface area contributed by atoms with E-state index in [4.69, 9.17) is 5.73 Å². The lowest BCUT2D eigenvalue weighted by Gasteiger charge is -2.30. The van der Waals surface area contributed by atoms with E-state index < -0.39 is 5.91 Å². The van der Waals surface area contributed by atoms with E-state index in [0.29, 0.717) is 12.1 Å². The molecule has 2 aromatic carbocycles. The van der Waals surface area contributed by atoms with Crippen molar-refractivity contribution in [3.8, 4) is 0 Å². The minimum Gasteiger partial charge on any atom is -0.366 e. The van der Waals surface area contributed by atoms with Gasteiger partial charge in [0.15, 0.2) is 5.96 Å². The van der Waals surface area contributed by atoms with Crippen LogP contribution in [0.1, 0.15) is 47.2 Å². The average molecular weight is 492 g/mol. The van der Waals surface area contributed by atoms with E-state index in [1.54, 1.807) is 13.1 Å². The Bertz CT molecular complexity index is 801. The highest BCUT2D eigenvalue weighted by Gasteiger charge is 2.35. The van der Waals surface area contributed by atoms with E-state index >= 15 is 0 Å². The number of primary amides is 1. The van der Waals surface area contributed by atoms with Gasteiger partial charge in [-0.25, -0.2) is 0 Å². The largest absolute Gasteiger partial charge is 0.366 e. The van der Waals surface area contributed by atoms with Crippen LogP contribution in [0.4, 0.5) is 0 Å². The maximum atomic E-state index is 11.3. The fourth-order valence-electron chi connectivity index (χ4n) is 3.90. The number of halogens is 1. The molecule has 0 spiro atoms. The molecule has 0 aromatic heterocycles. The van der Waals surface area contributed by atoms with Crippen molar-refractivity contribution in [3.05, 3.63) is 71.3 Å². The summed E-state index contributed by atoms with van der Waals surface area (Å²) in [6.45, 7) is 1.44. The second kappa shape index (κ2) is 10.5. The second-order valence-corrected chi connectivity index (χ2v) is 7.20. The number of hydrogen-bond donors (Lipinski definition) is 3. The van der Waals surface area contributed by atoms with Crippen LogP contribution >= 0.6 is 24.0 Å². The molecule has 0 radical (unpaired) electrons. The van der Waals surface area contributed by atoms with Gasteiger partial charge >= 0.3 is 0 Å². The molecule has 1 saturated carbocycles. The summed E-state index contributed by atoms with van der Waals surface area (Å²) >= 11 is 0. The molecule has 0 unspecified atom stereocenters. The molecule has 0 aliphatic heterocycles. The van der Waals surface area contributed by atoms with Crippen molar-refractivity contribution in [1.29, 1.82) is 0 Å². The van der Waals surface area contributed by atoms with E-state index in [0.717, 1.165) is 18.1 Å². The predicted molar refractivity (Wildman–Crippen MR) is 125 cm³/mol. The molecular weight excluding hydrogens is 463 g/mol. The quantitative estimate of drug-likeness (QED) is 0.328. The lowest BCUT2D eigenvalue weighted by Crippen LogP contribution is -2.44. The maximum absolute atomic E-state index is 11.3. The topological polar surface area (TPSA) is 79.5 Å². The number of benzene rings is 2. The SMILES string of the molecule is CN=C(NCc1cccc(C(N)=O)c1)NCC1(c2ccccc2)CCCC1.I. The summed E-state index contributed by atoms with van der Waals surface area (Å²) in [6, 6.07) is 18.1. The molecule has 0 heterocycles. The normalized spacial score (nSPS) is 15.5. The van der Waals surface area contributed by atoms with Crippen molar-refractivity contribution in [3.63, 3.8) is 0 Å². The zero-order chi connectivity index (χ0) is 19.1.